The van der Waals surface area contributed by atoms with E-state index in [1.54, 1.807) is 0 Å². The summed E-state index contributed by atoms with van der Waals surface area (Å²) >= 11 is 0. The number of benzene rings is 3. The van der Waals surface area contributed by atoms with E-state index in [-0.39, 0.29) is 25.3 Å². The van der Waals surface area contributed by atoms with Gasteiger partial charge in [0.25, 0.3) is 0 Å². The summed E-state index contributed by atoms with van der Waals surface area (Å²) in [5, 5.41) is 23.5. The van der Waals surface area contributed by atoms with E-state index in [1.165, 1.54) is 4.90 Å². The first kappa shape index (κ1) is 32.4. The van der Waals surface area contributed by atoms with E-state index in [0.29, 0.717) is 18.9 Å². The van der Waals surface area contributed by atoms with Gasteiger partial charge in [0.15, 0.2) is 0 Å². The molecule has 42 heavy (non-hydrogen) atoms. The van der Waals surface area contributed by atoms with Crippen molar-refractivity contribution in [3.63, 3.8) is 0 Å². The zero-order valence-electron chi connectivity index (χ0n) is 25.1. The summed E-state index contributed by atoms with van der Waals surface area (Å²) in [6, 6.07) is 26.3. The Morgan fingerprint density at radius 2 is 1.21 bits per heavy atom. The fourth-order valence-corrected chi connectivity index (χ4v) is 5.15. The number of carboxylic acids is 2. The first-order valence-corrected chi connectivity index (χ1v) is 14.7. The maximum absolute atomic E-state index is 13.9. The van der Waals surface area contributed by atoms with E-state index >= 15 is 0 Å². The second-order valence-electron chi connectivity index (χ2n) is 12.0. The van der Waals surface area contributed by atoms with Crippen LogP contribution < -0.4 is 5.32 Å². The second-order valence-corrected chi connectivity index (χ2v) is 12.0. The van der Waals surface area contributed by atoms with Crippen molar-refractivity contribution in [2.75, 3.05) is 13.1 Å². The van der Waals surface area contributed by atoms with Crippen LogP contribution in [0.5, 0.6) is 0 Å². The van der Waals surface area contributed by atoms with Gasteiger partial charge in [0.2, 0.25) is 0 Å². The standard InChI is InChI=1S/C35H44N2O5/c1-25(2)15-18-31(32(38)39)24-37(23-26(3)4)34(42)36-35(33(40)41,21-27-11-7-5-8-12-27)22-28-16-19-30(20-17-28)29-13-9-6-10-14-29/h5-14,16-17,19-20,25-26,31H,15,18,21-24H2,1-4H3,(H,36,42)(H,38,39)(H,40,41)/t31?,35-/m0/s1. The molecule has 3 N–H and O–H groups in total. The molecule has 0 aliphatic carbocycles. The van der Waals surface area contributed by atoms with Crippen LogP contribution in [-0.4, -0.2) is 51.7 Å². The minimum atomic E-state index is -1.65. The Morgan fingerprint density at radius 1 is 0.690 bits per heavy atom. The highest BCUT2D eigenvalue weighted by atomic mass is 16.4. The lowest BCUT2D eigenvalue weighted by Crippen LogP contribution is -2.61. The number of urea groups is 1. The lowest BCUT2D eigenvalue weighted by atomic mass is 9.84. The van der Waals surface area contributed by atoms with Crippen LogP contribution in [0.15, 0.2) is 84.9 Å². The number of nitrogens with zero attached hydrogens (tertiary/aromatic N) is 1. The van der Waals surface area contributed by atoms with E-state index in [4.69, 9.17) is 0 Å². The second kappa shape index (κ2) is 15.2. The third-order valence-electron chi connectivity index (χ3n) is 7.43. The minimum Gasteiger partial charge on any atom is -0.481 e. The number of amides is 2. The highest BCUT2D eigenvalue weighted by Gasteiger charge is 2.42. The molecule has 2 atom stereocenters. The number of nitrogens with one attached hydrogen (secondary N) is 1. The molecule has 0 spiro atoms. The van der Waals surface area contributed by atoms with Crippen molar-refractivity contribution in [3.8, 4) is 11.1 Å². The number of hydrogen-bond donors (Lipinski definition) is 3. The summed E-state index contributed by atoms with van der Waals surface area (Å²) in [6.07, 6.45) is 1.29. The van der Waals surface area contributed by atoms with Gasteiger partial charge in [0, 0.05) is 25.9 Å². The molecule has 0 fully saturated rings. The maximum atomic E-state index is 13.9. The largest absolute Gasteiger partial charge is 0.481 e. The number of rotatable bonds is 15. The van der Waals surface area contributed by atoms with Gasteiger partial charge < -0.3 is 20.4 Å². The van der Waals surface area contributed by atoms with Gasteiger partial charge >= 0.3 is 18.0 Å². The molecule has 3 aromatic carbocycles. The third-order valence-corrected chi connectivity index (χ3v) is 7.43. The third kappa shape index (κ3) is 9.47. The van der Waals surface area contributed by atoms with Gasteiger partial charge in [-0.05, 0) is 40.5 Å². The van der Waals surface area contributed by atoms with E-state index in [9.17, 15) is 24.6 Å². The van der Waals surface area contributed by atoms with Crippen molar-refractivity contribution < 1.29 is 24.6 Å². The fraction of sp³-hybridized carbons (Fsp3) is 0.400. The number of aliphatic carboxylic acids is 2. The predicted molar refractivity (Wildman–Crippen MR) is 166 cm³/mol. The van der Waals surface area contributed by atoms with Gasteiger partial charge in [0.1, 0.15) is 5.54 Å². The van der Waals surface area contributed by atoms with Crippen LogP contribution in [0.2, 0.25) is 0 Å². The quantitative estimate of drug-likeness (QED) is 0.186. The van der Waals surface area contributed by atoms with Crippen molar-refractivity contribution in [3.05, 3.63) is 96.1 Å². The predicted octanol–water partition coefficient (Wildman–Crippen LogP) is 6.77. The fourth-order valence-electron chi connectivity index (χ4n) is 5.15. The normalized spacial score (nSPS) is 13.4. The summed E-state index contributed by atoms with van der Waals surface area (Å²) in [5.74, 6) is -2.45. The zero-order chi connectivity index (χ0) is 30.7. The Bertz CT molecular complexity index is 1290. The average Bonchev–Trinajstić information content (AvgIpc) is 2.95. The Morgan fingerprint density at radius 3 is 1.71 bits per heavy atom. The van der Waals surface area contributed by atoms with E-state index in [0.717, 1.165) is 28.7 Å². The van der Waals surface area contributed by atoms with Gasteiger partial charge in [-0.2, -0.15) is 0 Å². The van der Waals surface area contributed by atoms with Crippen LogP contribution in [0.1, 0.15) is 51.7 Å². The summed E-state index contributed by atoms with van der Waals surface area (Å²) in [7, 11) is 0. The van der Waals surface area contributed by atoms with Gasteiger partial charge in [-0.1, -0.05) is 119 Å². The molecule has 0 bridgehead atoms. The zero-order valence-corrected chi connectivity index (χ0v) is 25.1. The SMILES string of the molecule is CC(C)CCC(CN(CC(C)C)C(=O)N[C@@](Cc1ccccc1)(Cc1ccc(-c2ccccc2)cc1)C(=O)O)C(=O)O. The van der Waals surface area contributed by atoms with E-state index in [2.05, 4.69) is 5.32 Å². The Labute approximate surface area is 249 Å². The molecule has 7 nitrogen and oxygen atoms in total. The summed E-state index contributed by atoms with van der Waals surface area (Å²) in [6.45, 7) is 8.30. The number of carboxylic acid groups (broad SMARTS) is 2. The molecule has 0 heterocycles. The molecule has 3 rings (SSSR count). The average molecular weight is 573 g/mol. The first-order valence-electron chi connectivity index (χ1n) is 14.7. The highest BCUT2D eigenvalue weighted by molar-refractivity contribution is 5.87. The van der Waals surface area contributed by atoms with Gasteiger partial charge in [-0.15, -0.1) is 0 Å². The first-order chi connectivity index (χ1) is 20.0. The van der Waals surface area contributed by atoms with Crippen LogP contribution in [0.25, 0.3) is 11.1 Å². The lowest BCUT2D eigenvalue weighted by Gasteiger charge is -2.35. The molecule has 7 heteroatoms. The molecule has 0 saturated carbocycles. The molecule has 0 aliphatic rings. The van der Waals surface area contributed by atoms with Crippen molar-refractivity contribution in [2.45, 2.75) is 58.9 Å². The van der Waals surface area contributed by atoms with Crippen molar-refractivity contribution in [1.82, 2.24) is 10.2 Å². The smallest absolute Gasteiger partial charge is 0.330 e. The molecule has 0 radical (unpaired) electrons. The summed E-state index contributed by atoms with van der Waals surface area (Å²) < 4.78 is 0. The number of carbonyl (C=O) groups is 3. The van der Waals surface area contributed by atoms with Crippen LogP contribution >= 0.6 is 0 Å². The van der Waals surface area contributed by atoms with Gasteiger partial charge in [-0.3, -0.25) is 4.79 Å². The van der Waals surface area contributed by atoms with Crippen LogP contribution in [0, 0.1) is 17.8 Å². The Hall–Kier alpha value is -4.13. The molecular weight excluding hydrogens is 528 g/mol. The van der Waals surface area contributed by atoms with E-state index in [1.807, 2.05) is 113 Å². The van der Waals surface area contributed by atoms with Crippen molar-refractivity contribution in [1.29, 1.82) is 0 Å². The van der Waals surface area contributed by atoms with Crippen LogP contribution in [0.3, 0.4) is 0 Å². The number of hydrogen-bond acceptors (Lipinski definition) is 3. The minimum absolute atomic E-state index is 0.0128. The summed E-state index contributed by atoms with van der Waals surface area (Å²) in [4.78, 5) is 40.5. The molecule has 2 amide bonds. The lowest BCUT2D eigenvalue weighted by molar-refractivity contribution is -0.145. The maximum Gasteiger partial charge on any atom is 0.330 e. The molecular formula is C35H44N2O5. The highest BCUT2D eigenvalue weighted by Crippen LogP contribution is 2.25. The number of carbonyl (C=O) groups excluding carboxylic acids is 1. The van der Waals surface area contributed by atoms with Gasteiger partial charge in [0.05, 0.1) is 5.92 Å². The monoisotopic (exact) mass is 572 g/mol. The van der Waals surface area contributed by atoms with Crippen LogP contribution in [0.4, 0.5) is 4.79 Å². The molecule has 3 aromatic rings. The molecule has 0 aliphatic heterocycles. The van der Waals surface area contributed by atoms with Gasteiger partial charge in [-0.25, -0.2) is 9.59 Å². The topological polar surface area (TPSA) is 107 Å². The summed E-state index contributed by atoms with van der Waals surface area (Å²) in [5.41, 5.74) is 1.96. The Kier molecular flexibility index (Phi) is 11.7. The van der Waals surface area contributed by atoms with Crippen molar-refractivity contribution >= 4 is 18.0 Å². The van der Waals surface area contributed by atoms with Crippen molar-refractivity contribution in [2.24, 2.45) is 17.8 Å². The molecule has 224 valence electrons. The van der Waals surface area contributed by atoms with Crippen LogP contribution in [-0.2, 0) is 22.4 Å². The molecule has 0 aromatic heterocycles. The molecule has 1 unspecified atom stereocenters. The molecule has 0 saturated heterocycles. The van der Waals surface area contributed by atoms with E-state index < -0.39 is 29.4 Å². The Balaban J connectivity index is 1.94.